The number of hydrogen-bond acceptors (Lipinski definition) is 6. The summed E-state index contributed by atoms with van der Waals surface area (Å²) in [5, 5.41) is 8.32. The lowest BCUT2D eigenvalue weighted by Gasteiger charge is -2.36. The van der Waals surface area contributed by atoms with Gasteiger partial charge in [-0.25, -0.2) is 0 Å². The molecule has 5 rings (SSSR count). The number of amides is 2. The van der Waals surface area contributed by atoms with E-state index in [1.54, 1.807) is 12.1 Å². The third-order valence-corrected chi connectivity index (χ3v) is 6.83. The number of nitrogens with zero attached hydrogens (tertiary/aromatic N) is 5. The number of rotatable bonds is 5. The topological polar surface area (TPSA) is 82.8 Å². The Morgan fingerprint density at radius 1 is 0.743 bits per heavy atom. The van der Waals surface area contributed by atoms with E-state index in [-0.39, 0.29) is 11.8 Å². The highest BCUT2D eigenvalue weighted by Gasteiger charge is 2.25. The standard InChI is InChI=1S/C27H31N5O3/c1-20-5-7-21(8-6-20)25-28-29-26(35-25)22-9-11-23(12-10-22)27(34)32-17-15-30(16-18-32)19-24(33)31-13-3-2-4-14-31/h5-12H,2-4,13-19H2,1H3. The van der Waals surface area contributed by atoms with Crippen LogP contribution in [0, 0.1) is 6.92 Å². The van der Waals surface area contributed by atoms with Crippen molar-refractivity contribution in [2.45, 2.75) is 26.2 Å². The van der Waals surface area contributed by atoms with Crippen molar-refractivity contribution < 1.29 is 14.0 Å². The second-order valence-electron chi connectivity index (χ2n) is 9.37. The number of aryl methyl sites for hydroxylation is 1. The van der Waals surface area contributed by atoms with Gasteiger partial charge in [-0.05, 0) is 62.6 Å². The van der Waals surface area contributed by atoms with Gasteiger partial charge in [0.05, 0.1) is 6.54 Å². The lowest BCUT2D eigenvalue weighted by molar-refractivity contribution is -0.133. The molecule has 2 saturated heterocycles. The van der Waals surface area contributed by atoms with E-state index in [1.807, 2.05) is 53.1 Å². The van der Waals surface area contributed by atoms with Crippen LogP contribution >= 0.6 is 0 Å². The van der Waals surface area contributed by atoms with Crippen LogP contribution in [0.3, 0.4) is 0 Å². The SMILES string of the molecule is Cc1ccc(-c2nnc(-c3ccc(C(=O)N4CCN(CC(=O)N5CCCCC5)CC4)cc3)o2)cc1. The van der Waals surface area contributed by atoms with Crippen molar-refractivity contribution in [2.24, 2.45) is 0 Å². The lowest BCUT2D eigenvalue weighted by Crippen LogP contribution is -2.52. The highest BCUT2D eigenvalue weighted by molar-refractivity contribution is 5.94. The fourth-order valence-electron chi connectivity index (χ4n) is 4.63. The summed E-state index contributed by atoms with van der Waals surface area (Å²) in [6.45, 7) is 6.91. The minimum Gasteiger partial charge on any atom is -0.416 e. The van der Waals surface area contributed by atoms with Crippen molar-refractivity contribution in [2.75, 3.05) is 45.8 Å². The minimum absolute atomic E-state index is 0.00410. The van der Waals surface area contributed by atoms with E-state index in [4.69, 9.17) is 4.42 Å². The number of piperidine rings is 1. The summed E-state index contributed by atoms with van der Waals surface area (Å²) in [5.74, 6) is 1.11. The van der Waals surface area contributed by atoms with Crippen molar-refractivity contribution in [3.8, 4) is 22.9 Å². The molecule has 0 radical (unpaired) electrons. The van der Waals surface area contributed by atoms with E-state index in [1.165, 1.54) is 12.0 Å². The van der Waals surface area contributed by atoms with Crippen LogP contribution in [0.5, 0.6) is 0 Å². The van der Waals surface area contributed by atoms with Gasteiger partial charge in [-0.15, -0.1) is 10.2 Å². The molecule has 182 valence electrons. The molecule has 8 nitrogen and oxygen atoms in total. The Morgan fingerprint density at radius 2 is 1.31 bits per heavy atom. The fraction of sp³-hybridized carbons (Fsp3) is 0.407. The molecule has 0 atom stereocenters. The van der Waals surface area contributed by atoms with Gasteiger partial charge in [0.25, 0.3) is 5.91 Å². The average molecular weight is 474 g/mol. The quantitative estimate of drug-likeness (QED) is 0.564. The zero-order valence-corrected chi connectivity index (χ0v) is 20.2. The summed E-state index contributed by atoms with van der Waals surface area (Å²) in [4.78, 5) is 31.6. The number of hydrogen-bond donors (Lipinski definition) is 0. The van der Waals surface area contributed by atoms with Gasteiger partial charge >= 0.3 is 0 Å². The molecule has 2 fully saturated rings. The summed E-state index contributed by atoms with van der Waals surface area (Å²) >= 11 is 0. The van der Waals surface area contributed by atoms with Crippen LogP contribution in [0.25, 0.3) is 22.9 Å². The van der Waals surface area contributed by atoms with Crippen molar-refractivity contribution in [3.05, 3.63) is 59.7 Å². The van der Waals surface area contributed by atoms with E-state index in [2.05, 4.69) is 15.1 Å². The van der Waals surface area contributed by atoms with Crippen molar-refractivity contribution in [1.29, 1.82) is 0 Å². The zero-order valence-electron chi connectivity index (χ0n) is 20.2. The van der Waals surface area contributed by atoms with Crippen LogP contribution in [-0.4, -0.2) is 82.5 Å². The highest BCUT2D eigenvalue weighted by atomic mass is 16.4. The largest absolute Gasteiger partial charge is 0.416 e. The molecule has 35 heavy (non-hydrogen) atoms. The van der Waals surface area contributed by atoms with E-state index in [0.29, 0.717) is 50.1 Å². The number of piperazine rings is 1. The Labute approximate surface area is 205 Å². The average Bonchev–Trinajstić information content (AvgIpc) is 3.40. The van der Waals surface area contributed by atoms with Crippen molar-refractivity contribution >= 4 is 11.8 Å². The van der Waals surface area contributed by atoms with Gasteiger partial charge in [-0.3, -0.25) is 14.5 Å². The van der Waals surface area contributed by atoms with Gasteiger partial charge in [0, 0.05) is 56.0 Å². The summed E-state index contributed by atoms with van der Waals surface area (Å²) in [5.41, 5.74) is 3.44. The molecule has 0 saturated carbocycles. The Hall–Kier alpha value is -3.52. The molecule has 3 aromatic rings. The maximum Gasteiger partial charge on any atom is 0.253 e. The van der Waals surface area contributed by atoms with Gasteiger partial charge in [0.1, 0.15) is 0 Å². The molecule has 0 aliphatic carbocycles. The Kier molecular flexibility index (Phi) is 6.90. The van der Waals surface area contributed by atoms with Crippen LogP contribution in [0.15, 0.2) is 52.9 Å². The molecule has 2 aliphatic rings. The molecule has 3 heterocycles. The molecule has 8 heteroatoms. The maximum atomic E-state index is 13.0. The van der Waals surface area contributed by atoms with Crippen LogP contribution in [0.1, 0.15) is 35.2 Å². The van der Waals surface area contributed by atoms with E-state index < -0.39 is 0 Å². The van der Waals surface area contributed by atoms with E-state index in [0.717, 1.165) is 37.1 Å². The molecule has 2 aliphatic heterocycles. The number of benzene rings is 2. The molecular weight excluding hydrogens is 442 g/mol. The van der Waals surface area contributed by atoms with E-state index in [9.17, 15) is 9.59 Å². The monoisotopic (exact) mass is 473 g/mol. The third kappa shape index (κ3) is 5.43. The molecule has 0 bridgehead atoms. The molecule has 0 N–H and O–H groups in total. The summed E-state index contributed by atoms with van der Waals surface area (Å²) in [7, 11) is 0. The first kappa shape index (κ1) is 23.2. The van der Waals surface area contributed by atoms with Gasteiger partial charge < -0.3 is 14.2 Å². The molecule has 2 aromatic carbocycles. The van der Waals surface area contributed by atoms with Gasteiger partial charge in [0.15, 0.2) is 0 Å². The summed E-state index contributed by atoms with van der Waals surface area (Å²) in [6, 6.07) is 15.2. The van der Waals surface area contributed by atoms with Crippen LogP contribution in [0.4, 0.5) is 0 Å². The molecule has 2 amide bonds. The van der Waals surface area contributed by atoms with Crippen LogP contribution in [0.2, 0.25) is 0 Å². The predicted octanol–water partition coefficient (Wildman–Crippen LogP) is 3.48. The van der Waals surface area contributed by atoms with Gasteiger partial charge in [-0.2, -0.15) is 0 Å². The Balaban J connectivity index is 1.15. The normalized spacial score (nSPS) is 16.9. The van der Waals surface area contributed by atoms with Gasteiger partial charge in [-0.1, -0.05) is 17.7 Å². The molecule has 1 aromatic heterocycles. The first-order valence-electron chi connectivity index (χ1n) is 12.4. The summed E-state index contributed by atoms with van der Waals surface area (Å²) in [6.07, 6.45) is 3.43. The first-order valence-corrected chi connectivity index (χ1v) is 12.4. The second-order valence-corrected chi connectivity index (χ2v) is 9.37. The van der Waals surface area contributed by atoms with Crippen LogP contribution < -0.4 is 0 Å². The number of carbonyl (C=O) groups excluding carboxylic acids is 2. The molecule has 0 spiro atoms. The highest BCUT2D eigenvalue weighted by Crippen LogP contribution is 2.24. The fourth-order valence-corrected chi connectivity index (χ4v) is 4.63. The lowest BCUT2D eigenvalue weighted by atomic mass is 10.1. The first-order chi connectivity index (χ1) is 17.1. The summed E-state index contributed by atoms with van der Waals surface area (Å²) < 4.78 is 5.85. The smallest absolute Gasteiger partial charge is 0.253 e. The molecule has 0 unspecified atom stereocenters. The van der Waals surface area contributed by atoms with Crippen molar-refractivity contribution in [3.63, 3.8) is 0 Å². The number of carbonyl (C=O) groups is 2. The van der Waals surface area contributed by atoms with Gasteiger partial charge in [0.2, 0.25) is 17.7 Å². The third-order valence-electron chi connectivity index (χ3n) is 6.83. The zero-order chi connectivity index (χ0) is 24.2. The van der Waals surface area contributed by atoms with E-state index >= 15 is 0 Å². The number of likely N-dealkylation sites (tertiary alicyclic amines) is 1. The number of aromatic nitrogens is 2. The minimum atomic E-state index is 0.00410. The van der Waals surface area contributed by atoms with Crippen LogP contribution in [-0.2, 0) is 4.79 Å². The molecular formula is C27H31N5O3. The Bertz CT molecular complexity index is 1160. The maximum absolute atomic E-state index is 13.0. The Morgan fingerprint density at radius 3 is 1.91 bits per heavy atom. The second kappa shape index (κ2) is 10.4. The van der Waals surface area contributed by atoms with Crippen molar-refractivity contribution in [1.82, 2.24) is 24.9 Å². The predicted molar refractivity (Wildman–Crippen MR) is 133 cm³/mol.